The van der Waals surface area contributed by atoms with E-state index in [9.17, 15) is 58.9 Å². The first-order chi connectivity index (χ1) is 33.5. The molecule has 0 amide bonds. The molecule has 8 N–H and O–H groups in total. The molecule has 1 saturated carbocycles. The van der Waals surface area contributed by atoms with Gasteiger partial charge in [-0.1, -0.05) is 148 Å². The Kier molecular flexibility index (Phi) is 36.7. The molecule has 0 aromatic heterocycles. The highest BCUT2D eigenvalue weighted by Crippen LogP contribution is 2.49. The minimum Gasteiger partial charge on any atom is -0.462 e. The van der Waals surface area contributed by atoms with Gasteiger partial charge in [0.2, 0.25) is 0 Å². The van der Waals surface area contributed by atoms with Gasteiger partial charge in [-0.05, 0) is 83.5 Å². The number of phosphoric acid groups is 2. The van der Waals surface area contributed by atoms with Crippen molar-refractivity contribution in [3.05, 3.63) is 122 Å². The van der Waals surface area contributed by atoms with Crippen LogP contribution in [0.2, 0.25) is 0 Å². The van der Waals surface area contributed by atoms with Crippen molar-refractivity contribution in [2.24, 2.45) is 0 Å². The molecular weight excluding hydrogens is 946 g/mol. The van der Waals surface area contributed by atoms with E-state index in [1.165, 1.54) is 0 Å². The molecule has 1 rings (SSSR count). The molecule has 1 aliphatic carbocycles. The van der Waals surface area contributed by atoms with Crippen LogP contribution in [0.5, 0.6) is 0 Å². The third-order valence-electron chi connectivity index (χ3n) is 10.1. The van der Waals surface area contributed by atoms with Gasteiger partial charge in [-0.25, -0.2) is 9.13 Å². The van der Waals surface area contributed by atoms with Gasteiger partial charge in [0.15, 0.2) is 6.10 Å². The summed E-state index contributed by atoms with van der Waals surface area (Å²) in [5, 5.41) is 51.1. The lowest BCUT2D eigenvalue weighted by Crippen LogP contribution is -2.64. The molecule has 0 bridgehead atoms. The number of hydrogen-bond acceptors (Lipinski definition) is 14. The topological polar surface area (TPSA) is 276 Å². The highest BCUT2D eigenvalue weighted by atomic mass is 31.2. The minimum atomic E-state index is -5.39. The molecule has 9 atom stereocenters. The SMILES string of the molecule is CC/C=C\C/C=C\C/C=C\C/C=C\CCCCCCC(=O)O[C@H](COC(=O)CC/C=C\C/C=C\C/C=C\C/C=C/C=C/C(O)C/C=C\CC)COP(=O)(O)O[C@H]1C(O)C(O)C(O)[C@@H](OP(=O)(O)O)C1O. The van der Waals surface area contributed by atoms with Crippen molar-refractivity contribution in [2.75, 3.05) is 13.2 Å². The number of unbranched alkanes of at least 4 members (excludes halogenated alkanes) is 4. The summed E-state index contributed by atoms with van der Waals surface area (Å²) in [5.74, 6) is -1.37. The summed E-state index contributed by atoms with van der Waals surface area (Å²) in [4.78, 5) is 54.3. The fourth-order valence-corrected chi connectivity index (χ4v) is 7.96. The maximum Gasteiger partial charge on any atom is 0.472 e. The normalized spacial score (nSPS) is 22.5. The molecule has 0 radical (unpaired) electrons. The maximum absolute atomic E-state index is 13.0. The van der Waals surface area contributed by atoms with Crippen LogP contribution < -0.4 is 0 Å². The molecule has 70 heavy (non-hydrogen) atoms. The zero-order valence-corrected chi connectivity index (χ0v) is 42.5. The van der Waals surface area contributed by atoms with E-state index in [1.807, 2.05) is 67.7 Å². The Balaban J connectivity index is 2.67. The van der Waals surface area contributed by atoms with Crippen molar-refractivity contribution in [1.82, 2.24) is 0 Å². The van der Waals surface area contributed by atoms with Gasteiger partial charge < -0.3 is 49.7 Å². The van der Waals surface area contributed by atoms with Crippen LogP contribution >= 0.6 is 15.6 Å². The smallest absolute Gasteiger partial charge is 0.462 e. The van der Waals surface area contributed by atoms with Gasteiger partial charge in [-0.3, -0.25) is 23.2 Å². The number of ether oxygens (including phenoxy) is 2. The van der Waals surface area contributed by atoms with Crippen molar-refractivity contribution in [2.45, 2.75) is 172 Å². The zero-order chi connectivity index (χ0) is 51.9. The highest BCUT2D eigenvalue weighted by molar-refractivity contribution is 7.47. The van der Waals surface area contributed by atoms with Gasteiger partial charge in [0, 0.05) is 12.8 Å². The molecule has 17 nitrogen and oxygen atoms in total. The summed E-state index contributed by atoms with van der Waals surface area (Å²) in [6, 6.07) is 0. The standard InChI is InChI=1S/C51H80O17P2/c1-3-5-7-8-9-10-11-12-13-14-15-18-22-25-28-31-35-39-45(54)66-43(41-65-70(62,63)68-51-48(57)46(55)47(56)50(49(51)58)67-69(59,60)61)40-64-44(53)38-34-30-27-24-21-19-16-17-20-23-26-29-33-37-42(52)36-32-6-4-2/h5-7,9-10,12-13,15,17-21,26-27,29-30,32-33,37,42-43,46-52,55-58H,3-4,8,11,14,16,22-25,28,31,34-36,38-41H2,1-2H3,(H,62,63)(H2,59,60,61)/b7-5-,10-9-,13-12-,18-15-,20-17-,21-19-,29-26+,30-27-,32-6-,37-33+/t42?,43-,46?,47?,48?,49?,50-,51+/m1/s1. The van der Waals surface area contributed by atoms with Crippen LogP contribution in [-0.4, -0.2) is 114 Å². The zero-order valence-electron chi connectivity index (χ0n) is 40.7. The summed E-state index contributed by atoms with van der Waals surface area (Å²) in [7, 11) is -10.7. The molecule has 0 heterocycles. The highest BCUT2D eigenvalue weighted by Gasteiger charge is 2.54. The molecule has 396 valence electrons. The van der Waals surface area contributed by atoms with Crippen molar-refractivity contribution in [1.29, 1.82) is 0 Å². The van der Waals surface area contributed by atoms with Crippen molar-refractivity contribution < 1.29 is 82.0 Å². The van der Waals surface area contributed by atoms with E-state index in [0.717, 1.165) is 70.6 Å². The number of rotatable bonds is 38. The van der Waals surface area contributed by atoms with E-state index in [-0.39, 0.29) is 12.8 Å². The lowest BCUT2D eigenvalue weighted by Gasteiger charge is -2.43. The van der Waals surface area contributed by atoms with Crippen LogP contribution in [0.15, 0.2) is 122 Å². The Labute approximate surface area is 414 Å². The number of phosphoric ester groups is 2. The number of allylic oxidation sites excluding steroid dienone is 18. The van der Waals surface area contributed by atoms with Gasteiger partial charge in [-0.2, -0.15) is 0 Å². The average Bonchev–Trinajstić information content (AvgIpc) is 3.31. The second-order valence-corrected chi connectivity index (χ2v) is 18.9. The molecule has 0 aromatic carbocycles. The predicted molar refractivity (Wildman–Crippen MR) is 270 cm³/mol. The number of aliphatic hydroxyl groups is 5. The fraction of sp³-hybridized carbons (Fsp3) is 0.569. The molecular formula is C51H80O17P2. The number of carbonyl (C=O) groups excluding carboxylic acids is 2. The first kappa shape index (κ1) is 64.4. The van der Waals surface area contributed by atoms with Crippen LogP contribution in [0, 0.1) is 0 Å². The Morgan fingerprint density at radius 2 is 1.03 bits per heavy atom. The molecule has 19 heteroatoms. The van der Waals surface area contributed by atoms with Gasteiger partial charge in [0.1, 0.15) is 43.2 Å². The second kappa shape index (κ2) is 39.9. The van der Waals surface area contributed by atoms with Gasteiger partial charge >= 0.3 is 27.6 Å². The summed E-state index contributed by atoms with van der Waals surface area (Å²) >= 11 is 0. The first-order valence-electron chi connectivity index (χ1n) is 24.2. The second-order valence-electron chi connectivity index (χ2n) is 16.3. The van der Waals surface area contributed by atoms with Crippen LogP contribution in [0.25, 0.3) is 0 Å². The summed E-state index contributed by atoms with van der Waals surface area (Å²) in [5.41, 5.74) is 0. The van der Waals surface area contributed by atoms with Crippen LogP contribution in [0.1, 0.15) is 123 Å². The molecule has 1 fully saturated rings. The van der Waals surface area contributed by atoms with E-state index >= 15 is 0 Å². The van der Waals surface area contributed by atoms with Crippen molar-refractivity contribution in [3.63, 3.8) is 0 Å². The molecule has 0 aromatic rings. The van der Waals surface area contributed by atoms with Gasteiger partial charge in [0.25, 0.3) is 0 Å². The summed E-state index contributed by atoms with van der Waals surface area (Å²) in [6.45, 7) is 2.69. The monoisotopic (exact) mass is 1030 g/mol. The molecule has 0 saturated heterocycles. The van der Waals surface area contributed by atoms with Crippen LogP contribution in [-0.2, 0) is 41.8 Å². The van der Waals surface area contributed by atoms with Gasteiger partial charge in [-0.15, -0.1) is 0 Å². The number of aliphatic hydroxyl groups excluding tert-OH is 5. The number of esters is 2. The number of hydrogen-bond donors (Lipinski definition) is 8. The molecule has 0 spiro atoms. The van der Waals surface area contributed by atoms with E-state index < -0.39 is 89.6 Å². The summed E-state index contributed by atoms with van der Waals surface area (Å²) in [6.07, 6.45) is 36.3. The van der Waals surface area contributed by atoms with Crippen molar-refractivity contribution >= 4 is 27.6 Å². The first-order valence-corrected chi connectivity index (χ1v) is 27.2. The van der Waals surface area contributed by atoms with E-state index in [4.69, 9.17) is 18.5 Å². The van der Waals surface area contributed by atoms with E-state index in [2.05, 4.69) is 60.1 Å². The molecule has 6 unspecified atom stereocenters. The third kappa shape index (κ3) is 33.9. The lowest BCUT2D eigenvalue weighted by molar-refractivity contribution is -0.216. The van der Waals surface area contributed by atoms with E-state index in [1.54, 1.807) is 12.2 Å². The van der Waals surface area contributed by atoms with E-state index in [0.29, 0.717) is 25.7 Å². The summed E-state index contributed by atoms with van der Waals surface area (Å²) < 4.78 is 49.3. The Hall–Kier alpha value is -3.64. The number of carbonyl (C=O) groups is 2. The fourth-order valence-electron chi connectivity index (χ4n) is 6.42. The predicted octanol–water partition coefficient (Wildman–Crippen LogP) is 8.47. The Morgan fingerprint density at radius 1 is 0.529 bits per heavy atom. The molecule has 1 aliphatic rings. The lowest BCUT2D eigenvalue weighted by atomic mass is 9.85. The maximum atomic E-state index is 13.0. The van der Waals surface area contributed by atoms with Crippen LogP contribution in [0.3, 0.4) is 0 Å². The quantitative estimate of drug-likeness (QED) is 0.00946. The minimum absolute atomic E-state index is 0.0156. The Bertz CT molecular complexity index is 1830. The largest absolute Gasteiger partial charge is 0.472 e. The van der Waals surface area contributed by atoms with Crippen LogP contribution in [0.4, 0.5) is 0 Å². The van der Waals surface area contributed by atoms with Crippen molar-refractivity contribution in [3.8, 4) is 0 Å². The third-order valence-corrected chi connectivity index (χ3v) is 11.6. The van der Waals surface area contributed by atoms with Gasteiger partial charge in [0.05, 0.1) is 12.7 Å². The molecule has 0 aliphatic heterocycles. The Morgan fingerprint density at radius 3 is 1.60 bits per heavy atom. The average molecular weight is 1030 g/mol.